The fraction of sp³-hybridized carbons (Fsp3) is 0.350. The first-order valence-electron chi connectivity index (χ1n) is 8.57. The van der Waals surface area contributed by atoms with Crippen LogP contribution in [0.15, 0.2) is 42.5 Å². The SMILES string of the molecule is CCc1ccccc1OCC(=O)NC(C)c1ccc2c(c1)OCCO2. The van der Waals surface area contributed by atoms with Crippen molar-refractivity contribution in [2.75, 3.05) is 19.8 Å². The molecule has 1 N–H and O–H groups in total. The molecule has 1 aliphatic rings. The molecule has 0 radical (unpaired) electrons. The van der Waals surface area contributed by atoms with Gasteiger partial charge in [-0.25, -0.2) is 0 Å². The lowest BCUT2D eigenvalue weighted by Crippen LogP contribution is -2.31. The van der Waals surface area contributed by atoms with Crippen LogP contribution in [0, 0.1) is 0 Å². The maximum Gasteiger partial charge on any atom is 0.258 e. The third kappa shape index (κ3) is 4.24. The molecule has 2 aromatic carbocycles. The van der Waals surface area contributed by atoms with Gasteiger partial charge in [0.2, 0.25) is 0 Å². The van der Waals surface area contributed by atoms with Gasteiger partial charge in [0.15, 0.2) is 18.1 Å². The zero-order chi connectivity index (χ0) is 17.6. The topological polar surface area (TPSA) is 56.8 Å². The molecule has 25 heavy (non-hydrogen) atoms. The molecule has 132 valence electrons. The highest BCUT2D eigenvalue weighted by molar-refractivity contribution is 5.78. The fourth-order valence-electron chi connectivity index (χ4n) is 2.78. The largest absolute Gasteiger partial charge is 0.486 e. The number of ether oxygens (including phenoxy) is 3. The summed E-state index contributed by atoms with van der Waals surface area (Å²) in [5.74, 6) is 2.06. The number of hydrogen-bond donors (Lipinski definition) is 1. The monoisotopic (exact) mass is 341 g/mol. The Hall–Kier alpha value is -2.69. The van der Waals surface area contributed by atoms with Gasteiger partial charge in [-0.2, -0.15) is 0 Å². The normalized spacial score (nSPS) is 13.8. The minimum absolute atomic E-state index is 0.00803. The highest BCUT2D eigenvalue weighted by Crippen LogP contribution is 2.32. The number of benzene rings is 2. The maximum absolute atomic E-state index is 12.2. The van der Waals surface area contributed by atoms with Crippen molar-refractivity contribution in [1.29, 1.82) is 0 Å². The summed E-state index contributed by atoms with van der Waals surface area (Å²) in [5, 5.41) is 2.95. The Morgan fingerprint density at radius 3 is 2.72 bits per heavy atom. The van der Waals surface area contributed by atoms with Gasteiger partial charge in [0.1, 0.15) is 19.0 Å². The molecule has 0 aliphatic carbocycles. The molecule has 3 rings (SSSR count). The molecule has 1 aliphatic heterocycles. The number of carbonyl (C=O) groups is 1. The molecule has 1 amide bonds. The van der Waals surface area contributed by atoms with Crippen LogP contribution in [0.2, 0.25) is 0 Å². The lowest BCUT2D eigenvalue weighted by atomic mass is 10.1. The van der Waals surface area contributed by atoms with Gasteiger partial charge < -0.3 is 19.5 Å². The Morgan fingerprint density at radius 1 is 1.16 bits per heavy atom. The smallest absolute Gasteiger partial charge is 0.258 e. The Balaban J connectivity index is 1.57. The molecular weight excluding hydrogens is 318 g/mol. The molecule has 5 heteroatoms. The van der Waals surface area contributed by atoms with Gasteiger partial charge in [0, 0.05) is 0 Å². The predicted molar refractivity (Wildman–Crippen MR) is 95.3 cm³/mol. The van der Waals surface area contributed by atoms with Crippen LogP contribution in [0.1, 0.15) is 31.0 Å². The second-order valence-corrected chi connectivity index (χ2v) is 5.94. The second-order valence-electron chi connectivity index (χ2n) is 5.94. The van der Waals surface area contributed by atoms with E-state index >= 15 is 0 Å². The van der Waals surface area contributed by atoms with Gasteiger partial charge in [-0.1, -0.05) is 31.2 Å². The molecule has 1 heterocycles. The van der Waals surface area contributed by atoms with E-state index in [0.717, 1.165) is 34.8 Å². The lowest BCUT2D eigenvalue weighted by molar-refractivity contribution is -0.123. The minimum Gasteiger partial charge on any atom is -0.486 e. The summed E-state index contributed by atoms with van der Waals surface area (Å²) < 4.78 is 16.8. The van der Waals surface area contributed by atoms with Crippen molar-refractivity contribution in [2.45, 2.75) is 26.3 Å². The first kappa shape index (κ1) is 17.1. The molecule has 5 nitrogen and oxygen atoms in total. The third-order valence-electron chi connectivity index (χ3n) is 4.16. The third-order valence-corrected chi connectivity index (χ3v) is 4.16. The summed E-state index contributed by atoms with van der Waals surface area (Å²) >= 11 is 0. The molecule has 0 saturated heterocycles. The number of carbonyl (C=O) groups excluding carboxylic acids is 1. The van der Waals surface area contributed by atoms with E-state index in [9.17, 15) is 4.79 Å². The van der Waals surface area contributed by atoms with Crippen LogP contribution in [-0.2, 0) is 11.2 Å². The summed E-state index contributed by atoms with van der Waals surface area (Å²) in [7, 11) is 0. The van der Waals surface area contributed by atoms with E-state index in [1.807, 2.05) is 49.4 Å². The number of nitrogens with one attached hydrogen (secondary N) is 1. The van der Waals surface area contributed by atoms with E-state index in [1.54, 1.807) is 0 Å². The molecule has 2 aromatic rings. The van der Waals surface area contributed by atoms with Crippen LogP contribution in [0.4, 0.5) is 0 Å². The van der Waals surface area contributed by atoms with E-state index in [2.05, 4.69) is 12.2 Å². The average Bonchev–Trinajstić information content (AvgIpc) is 2.66. The predicted octanol–water partition coefficient (Wildman–Crippen LogP) is 3.28. The quantitative estimate of drug-likeness (QED) is 0.876. The molecule has 0 fully saturated rings. The summed E-state index contributed by atoms with van der Waals surface area (Å²) in [6, 6.07) is 13.3. The number of aryl methyl sites for hydroxylation is 1. The van der Waals surface area contributed by atoms with Crippen molar-refractivity contribution in [3.8, 4) is 17.2 Å². The van der Waals surface area contributed by atoms with Crippen LogP contribution in [0.25, 0.3) is 0 Å². The zero-order valence-electron chi connectivity index (χ0n) is 14.6. The van der Waals surface area contributed by atoms with E-state index < -0.39 is 0 Å². The first-order valence-corrected chi connectivity index (χ1v) is 8.57. The molecule has 0 spiro atoms. The van der Waals surface area contributed by atoms with E-state index in [0.29, 0.717) is 13.2 Å². The lowest BCUT2D eigenvalue weighted by Gasteiger charge is -2.21. The van der Waals surface area contributed by atoms with Crippen LogP contribution in [0.3, 0.4) is 0 Å². The van der Waals surface area contributed by atoms with Crippen molar-refractivity contribution < 1.29 is 19.0 Å². The summed E-state index contributed by atoms with van der Waals surface area (Å²) in [6.45, 7) is 5.10. The van der Waals surface area contributed by atoms with Crippen molar-refractivity contribution >= 4 is 5.91 Å². The van der Waals surface area contributed by atoms with Gasteiger partial charge in [-0.15, -0.1) is 0 Å². The van der Waals surface area contributed by atoms with Crippen molar-refractivity contribution in [3.05, 3.63) is 53.6 Å². The van der Waals surface area contributed by atoms with Crippen molar-refractivity contribution in [2.24, 2.45) is 0 Å². The minimum atomic E-state index is -0.159. The molecular formula is C20H23NO4. The number of amides is 1. The molecule has 1 atom stereocenters. The van der Waals surface area contributed by atoms with Crippen LogP contribution in [-0.4, -0.2) is 25.7 Å². The molecule has 1 unspecified atom stereocenters. The Kier molecular flexibility index (Phi) is 5.43. The van der Waals surface area contributed by atoms with Crippen LogP contribution < -0.4 is 19.5 Å². The van der Waals surface area contributed by atoms with Gasteiger partial charge in [-0.3, -0.25) is 4.79 Å². The Labute approximate surface area is 147 Å². The number of hydrogen-bond acceptors (Lipinski definition) is 4. The van der Waals surface area contributed by atoms with E-state index in [-0.39, 0.29) is 18.6 Å². The van der Waals surface area contributed by atoms with Gasteiger partial charge in [0.05, 0.1) is 6.04 Å². The van der Waals surface area contributed by atoms with Crippen molar-refractivity contribution in [1.82, 2.24) is 5.32 Å². The molecule has 0 bridgehead atoms. The van der Waals surface area contributed by atoms with E-state index in [1.165, 1.54) is 0 Å². The first-order chi connectivity index (χ1) is 12.2. The highest BCUT2D eigenvalue weighted by atomic mass is 16.6. The standard InChI is InChI=1S/C20H23NO4/c1-3-15-6-4-5-7-17(15)25-13-20(22)21-14(2)16-8-9-18-19(12-16)24-11-10-23-18/h4-9,12,14H,3,10-11,13H2,1-2H3,(H,21,22). The average molecular weight is 341 g/mol. The summed E-state index contributed by atoms with van der Waals surface area (Å²) in [6.07, 6.45) is 0.866. The van der Waals surface area contributed by atoms with Crippen LogP contribution >= 0.6 is 0 Å². The number of rotatable bonds is 6. The zero-order valence-corrected chi connectivity index (χ0v) is 14.6. The second kappa shape index (κ2) is 7.92. The van der Waals surface area contributed by atoms with Crippen molar-refractivity contribution in [3.63, 3.8) is 0 Å². The van der Waals surface area contributed by atoms with Gasteiger partial charge >= 0.3 is 0 Å². The summed E-state index contributed by atoms with van der Waals surface area (Å²) in [5.41, 5.74) is 2.06. The highest BCUT2D eigenvalue weighted by Gasteiger charge is 2.16. The van der Waals surface area contributed by atoms with E-state index in [4.69, 9.17) is 14.2 Å². The van der Waals surface area contributed by atoms with Gasteiger partial charge in [0.25, 0.3) is 5.91 Å². The fourth-order valence-corrected chi connectivity index (χ4v) is 2.78. The van der Waals surface area contributed by atoms with Crippen LogP contribution in [0.5, 0.6) is 17.2 Å². The number of para-hydroxylation sites is 1. The number of fused-ring (bicyclic) bond motifs is 1. The summed E-state index contributed by atoms with van der Waals surface area (Å²) in [4.78, 5) is 12.2. The molecule has 0 aromatic heterocycles. The molecule has 0 saturated carbocycles. The maximum atomic E-state index is 12.2. The Bertz CT molecular complexity index is 744. The van der Waals surface area contributed by atoms with Gasteiger partial charge in [-0.05, 0) is 42.7 Å². The Morgan fingerprint density at radius 2 is 1.92 bits per heavy atom.